The van der Waals surface area contributed by atoms with Crippen LogP contribution in [-0.4, -0.2) is 6.61 Å². The molecule has 0 aliphatic rings. The van der Waals surface area contributed by atoms with Gasteiger partial charge in [-0.15, -0.1) is 6.42 Å². The zero-order valence-corrected chi connectivity index (χ0v) is 6.59. The Morgan fingerprint density at radius 3 is 2.83 bits per heavy atom. The lowest BCUT2D eigenvalue weighted by Crippen LogP contribution is -1.95. The third-order valence-corrected chi connectivity index (χ3v) is 1.40. The van der Waals surface area contributed by atoms with Gasteiger partial charge in [0.15, 0.2) is 0 Å². The van der Waals surface area contributed by atoms with Gasteiger partial charge in [0.25, 0.3) is 0 Å². The molecule has 0 amide bonds. The van der Waals surface area contributed by atoms with E-state index in [4.69, 9.17) is 11.2 Å². The molecular weight excluding hydrogens is 155 g/mol. The van der Waals surface area contributed by atoms with Crippen LogP contribution in [0.1, 0.15) is 5.56 Å². The molecule has 0 bridgehead atoms. The van der Waals surface area contributed by atoms with Crippen molar-refractivity contribution < 1.29 is 9.13 Å². The van der Waals surface area contributed by atoms with Crippen molar-refractivity contribution in [3.63, 3.8) is 0 Å². The van der Waals surface area contributed by atoms with Crippen LogP contribution in [0.3, 0.4) is 0 Å². The van der Waals surface area contributed by atoms with Crippen LogP contribution in [0.2, 0.25) is 0 Å². The molecule has 0 spiro atoms. The Kier molecular flexibility index (Phi) is 3.31. The van der Waals surface area contributed by atoms with E-state index in [2.05, 4.69) is 5.92 Å². The van der Waals surface area contributed by atoms with Gasteiger partial charge in [-0.2, -0.15) is 0 Å². The fourth-order valence-electron chi connectivity index (χ4n) is 0.835. The largest absolute Gasteiger partial charge is 0.364 e. The van der Waals surface area contributed by atoms with Gasteiger partial charge in [0.2, 0.25) is 0 Å². The molecule has 0 aliphatic carbocycles. The first-order chi connectivity index (χ1) is 5.84. The fraction of sp³-hybridized carbons (Fsp3) is 0.200. The molecule has 0 unspecified atom stereocenters. The maximum absolute atomic E-state index is 12.9. The molecule has 62 valence electrons. The number of ether oxygens (including phenoxy) is 1. The van der Waals surface area contributed by atoms with E-state index in [1.54, 1.807) is 18.2 Å². The van der Waals surface area contributed by atoms with Crippen LogP contribution in [0.15, 0.2) is 24.3 Å². The summed E-state index contributed by atoms with van der Waals surface area (Å²) in [7, 11) is 0. The molecule has 0 saturated carbocycles. The summed E-state index contributed by atoms with van der Waals surface area (Å²) >= 11 is 0. The van der Waals surface area contributed by atoms with Gasteiger partial charge < -0.3 is 4.74 Å². The zero-order valence-electron chi connectivity index (χ0n) is 6.59. The maximum Gasteiger partial charge on any atom is 0.128 e. The minimum atomic E-state index is -0.255. The number of terminal acetylenes is 1. The molecule has 1 nitrogen and oxygen atoms in total. The Balaban J connectivity index is 2.53. The lowest BCUT2D eigenvalue weighted by molar-refractivity contribution is 0.150. The Morgan fingerprint density at radius 2 is 2.17 bits per heavy atom. The molecule has 0 heterocycles. The standard InChI is InChI=1S/C10H9FO/c1-2-7-12-8-9-5-3-4-6-10(9)11/h1,3-6H,7-8H2. The van der Waals surface area contributed by atoms with Gasteiger partial charge in [0.05, 0.1) is 6.61 Å². The van der Waals surface area contributed by atoms with E-state index in [9.17, 15) is 4.39 Å². The highest BCUT2D eigenvalue weighted by atomic mass is 19.1. The van der Waals surface area contributed by atoms with Crippen LogP contribution in [-0.2, 0) is 11.3 Å². The summed E-state index contributed by atoms with van der Waals surface area (Å²) in [6.45, 7) is 0.450. The van der Waals surface area contributed by atoms with E-state index in [0.29, 0.717) is 5.56 Å². The van der Waals surface area contributed by atoms with Crippen molar-refractivity contribution in [1.29, 1.82) is 0 Å². The predicted molar refractivity (Wildman–Crippen MR) is 44.9 cm³/mol. The van der Waals surface area contributed by atoms with E-state index < -0.39 is 0 Å². The monoisotopic (exact) mass is 164 g/mol. The minimum absolute atomic E-state index is 0.217. The summed E-state index contributed by atoms with van der Waals surface area (Å²) in [5.41, 5.74) is 0.535. The summed E-state index contributed by atoms with van der Waals surface area (Å²) in [4.78, 5) is 0. The molecule has 1 aromatic carbocycles. The van der Waals surface area contributed by atoms with Gasteiger partial charge >= 0.3 is 0 Å². The van der Waals surface area contributed by atoms with Gasteiger partial charge in [-0.25, -0.2) is 4.39 Å². The predicted octanol–water partition coefficient (Wildman–Crippen LogP) is 1.98. The summed E-state index contributed by atoms with van der Waals surface area (Å²) < 4.78 is 17.9. The smallest absolute Gasteiger partial charge is 0.128 e. The van der Waals surface area contributed by atoms with Gasteiger partial charge in [-0.05, 0) is 6.07 Å². The van der Waals surface area contributed by atoms with E-state index in [1.165, 1.54) is 6.07 Å². The molecular formula is C10H9FO. The van der Waals surface area contributed by atoms with Gasteiger partial charge in [0.1, 0.15) is 12.4 Å². The summed E-state index contributed by atoms with van der Waals surface area (Å²) in [6, 6.07) is 6.47. The summed E-state index contributed by atoms with van der Waals surface area (Å²) in [5.74, 6) is 2.06. The molecule has 0 aliphatic heterocycles. The molecule has 0 aromatic heterocycles. The molecule has 0 fully saturated rings. The van der Waals surface area contributed by atoms with Crippen LogP contribution in [0.5, 0.6) is 0 Å². The van der Waals surface area contributed by atoms with Crippen molar-refractivity contribution >= 4 is 0 Å². The first-order valence-corrected chi connectivity index (χ1v) is 3.59. The molecule has 1 rings (SSSR count). The molecule has 1 aromatic rings. The van der Waals surface area contributed by atoms with Crippen molar-refractivity contribution in [2.24, 2.45) is 0 Å². The van der Waals surface area contributed by atoms with Crippen LogP contribution in [0.4, 0.5) is 4.39 Å². The van der Waals surface area contributed by atoms with E-state index in [0.717, 1.165) is 0 Å². The topological polar surface area (TPSA) is 9.23 Å². The Bertz CT molecular complexity index is 288. The van der Waals surface area contributed by atoms with Crippen LogP contribution >= 0.6 is 0 Å². The van der Waals surface area contributed by atoms with Crippen molar-refractivity contribution in [1.82, 2.24) is 0 Å². The third-order valence-electron chi connectivity index (χ3n) is 1.40. The average molecular weight is 164 g/mol. The van der Waals surface area contributed by atoms with E-state index >= 15 is 0 Å². The van der Waals surface area contributed by atoms with Crippen molar-refractivity contribution in [2.45, 2.75) is 6.61 Å². The van der Waals surface area contributed by atoms with E-state index in [-0.39, 0.29) is 19.0 Å². The summed E-state index contributed by atoms with van der Waals surface area (Å²) in [6.07, 6.45) is 4.96. The molecule has 12 heavy (non-hydrogen) atoms. The summed E-state index contributed by atoms with van der Waals surface area (Å²) in [5, 5.41) is 0. The number of hydrogen-bond acceptors (Lipinski definition) is 1. The van der Waals surface area contributed by atoms with Crippen molar-refractivity contribution in [3.05, 3.63) is 35.6 Å². The number of benzene rings is 1. The third kappa shape index (κ3) is 2.37. The van der Waals surface area contributed by atoms with Crippen molar-refractivity contribution in [3.8, 4) is 12.3 Å². The maximum atomic E-state index is 12.9. The second-order valence-electron chi connectivity index (χ2n) is 2.29. The number of halogens is 1. The van der Waals surface area contributed by atoms with Crippen LogP contribution < -0.4 is 0 Å². The second-order valence-corrected chi connectivity index (χ2v) is 2.29. The van der Waals surface area contributed by atoms with Crippen LogP contribution in [0, 0.1) is 18.2 Å². The Hall–Kier alpha value is -1.33. The Morgan fingerprint density at radius 1 is 1.42 bits per heavy atom. The highest BCUT2D eigenvalue weighted by Gasteiger charge is 1.98. The Labute approximate surface area is 71.2 Å². The van der Waals surface area contributed by atoms with Gasteiger partial charge in [0, 0.05) is 5.56 Å². The average Bonchev–Trinajstić information content (AvgIpc) is 2.09. The molecule has 2 heteroatoms. The van der Waals surface area contributed by atoms with Gasteiger partial charge in [-0.1, -0.05) is 24.1 Å². The van der Waals surface area contributed by atoms with E-state index in [1.807, 2.05) is 0 Å². The SMILES string of the molecule is C#CCOCc1ccccc1F. The lowest BCUT2D eigenvalue weighted by atomic mass is 10.2. The molecule has 0 radical (unpaired) electrons. The molecule has 0 saturated heterocycles. The second kappa shape index (κ2) is 4.53. The highest BCUT2D eigenvalue weighted by Crippen LogP contribution is 2.06. The first kappa shape index (κ1) is 8.76. The zero-order chi connectivity index (χ0) is 8.81. The first-order valence-electron chi connectivity index (χ1n) is 3.59. The molecule has 0 atom stereocenters. The normalized spacial score (nSPS) is 9.33. The minimum Gasteiger partial charge on any atom is -0.364 e. The highest BCUT2D eigenvalue weighted by molar-refractivity contribution is 5.16. The molecule has 0 N–H and O–H groups in total. The van der Waals surface area contributed by atoms with Crippen molar-refractivity contribution in [2.75, 3.05) is 6.61 Å². The number of rotatable bonds is 3. The lowest BCUT2D eigenvalue weighted by Gasteiger charge is -2.01. The number of hydrogen-bond donors (Lipinski definition) is 0. The quantitative estimate of drug-likeness (QED) is 0.490. The van der Waals surface area contributed by atoms with Crippen LogP contribution in [0.25, 0.3) is 0 Å². The van der Waals surface area contributed by atoms with Gasteiger partial charge in [-0.3, -0.25) is 0 Å². The fourth-order valence-corrected chi connectivity index (χ4v) is 0.835.